The highest BCUT2D eigenvalue weighted by Crippen LogP contribution is 2.14. The zero-order chi connectivity index (χ0) is 12.5. The van der Waals surface area contributed by atoms with Gasteiger partial charge in [-0.15, -0.1) is 0 Å². The third kappa shape index (κ3) is 3.07. The van der Waals surface area contributed by atoms with Gasteiger partial charge in [-0.1, -0.05) is 15.9 Å². The number of benzene rings is 1. The molecule has 0 aromatic heterocycles. The highest BCUT2D eigenvalue weighted by atomic mass is 79.9. The molecule has 0 saturated carbocycles. The van der Waals surface area contributed by atoms with Crippen LogP contribution in [0.2, 0.25) is 0 Å². The largest absolute Gasteiger partial charge is 0.337 e. The number of hydrogen-bond acceptors (Lipinski definition) is 3. The first-order valence-corrected chi connectivity index (χ1v) is 7.96. The van der Waals surface area contributed by atoms with Crippen LogP contribution in [-0.2, 0) is 9.73 Å². The summed E-state index contributed by atoms with van der Waals surface area (Å²) in [6, 6.07) is 7.17. The molecule has 1 saturated heterocycles. The first-order chi connectivity index (χ1) is 7.98. The van der Waals surface area contributed by atoms with Crippen molar-refractivity contribution in [3.63, 3.8) is 0 Å². The van der Waals surface area contributed by atoms with E-state index >= 15 is 0 Å². The smallest absolute Gasteiger partial charge is 0.253 e. The lowest BCUT2D eigenvalue weighted by atomic mass is 10.2. The summed E-state index contributed by atoms with van der Waals surface area (Å²) >= 11 is 3.32. The molecule has 0 atom stereocenters. The monoisotopic (exact) mass is 316 g/mol. The zero-order valence-corrected chi connectivity index (χ0v) is 11.6. The number of nitrogens with one attached hydrogen (secondary N) is 1. The van der Waals surface area contributed by atoms with Gasteiger partial charge >= 0.3 is 0 Å². The van der Waals surface area contributed by atoms with Crippen LogP contribution in [0.1, 0.15) is 10.4 Å². The summed E-state index contributed by atoms with van der Waals surface area (Å²) in [6.45, 7) is 0.828. The molecule has 1 amide bonds. The second-order valence-electron chi connectivity index (χ2n) is 4.02. The average Bonchev–Trinajstić information content (AvgIpc) is 2.29. The van der Waals surface area contributed by atoms with Crippen molar-refractivity contribution in [2.75, 3.05) is 24.6 Å². The summed E-state index contributed by atoms with van der Waals surface area (Å²) in [7, 11) is -2.44. The molecule has 1 N–H and O–H groups in total. The summed E-state index contributed by atoms with van der Waals surface area (Å²) in [5, 5.41) is 0. The lowest BCUT2D eigenvalue weighted by Gasteiger charge is -2.28. The van der Waals surface area contributed by atoms with Gasteiger partial charge in [-0.2, -0.15) is 0 Å². The van der Waals surface area contributed by atoms with Crippen molar-refractivity contribution in [3.05, 3.63) is 34.3 Å². The Kier molecular flexibility index (Phi) is 3.53. The van der Waals surface area contributed by atoms with Crippen molar-refractivity contribution >= 4 is 31.6 Å². The predicted octanol–water partition coefficient (Wildman–Crippen LogP) is 1.95. The summed E-state index contributed by atoms with van der Waals surface area (Å²) in [4.78, 5) is 13.7. The molecule has 1 heterocycles. The molecule has 1 aliphatic rings. The van der Waals surface area contributed by atoms with Gasteiger partial charge in [-0.3, -0.25) is 9.57 Å². The van der Waals surface area contributed by atoms with Crippen LogP contribution in [0.3, 0.4) is 0 Å². The number of amides is 1. The second-order valence-corrected chi connectivity index (χ2v) is 7.38. The normalized spacial score (nSPS) is 19.0. The van der Waals surface area contributed by atoms with Crippen LogP contribution >= 0.6 is 15.9 Å². The Labute approximate surface area is 109 Å². The van der Waals surface area contributed by atoms with Crippen molar-refractivity contribution in [1.82, 2.24) is 4.90 Å². The van der Waals surface area contributed by atoms with Gasteiger partial charge < -0.3 is 4.90 Å². The Morgan fingerprint density at radius 1 is 1.24 bits per heavy atom. The van der Waals surface area contributed by atoms with Crippen molar-refractivity contribution in [1.29, 1.82) is 4.78 Å². The fourth-order valence-electron chi connectivity index (χ4n) is 1.71. The van der Waals surface area contributed by atoms with Crippen LogP contribution in [0.5, 0.6) is 0 Å². The molecule has 0 aliphatic carbocycles. The number of nitrogens with zero attached hydrogens (tertiary/aromatic N) is 1. The summed E-state index contributed by atoms with van der Waals surface area (Å²) < 4.78 is 19.9. The minimum atomic E-state index is -2.44. The fraction of sp³-hybridized carbons (Fsp3) is 0.364. The number of rotatable bonds is 1. The van der Waals surface area contributed by atoms with Gasteiger partial charge in [0, 0.05) is 44.4 Å². The van der Waals surface area contributed by atoms with Crippen molar-refractivity contribution < 1.29 is 9.00 Å². The van der Waals surface area contributed by atoms with Crippen LogP contribution in [0.15, 0.2) is 28.7 Å². The van der Waals surface area contributed by atoms with Crippen LogP contribution in [0.4, 0.5) is 0 Å². The maximum Gasteiger partial charge on any atom is 0.253 e. The van der Waals surface area contributed by atoms with Gasteiger partial charge in [-0.25, -0.2) is 4.21 Å². The lowest BCUT2D eigenvalue weighted by Crippen LogP contribution is -2.43. The van der Waals surface area contributed by atoms with E-state index in [1.807, 2.05) is 12.1 Å². The van der Waals surface area contributed by atoms with Gasteiger partial charge in [0.1, 0.15) is 0 Å². The maximum absolute atomic E-state index is 12.1. The fourth-order valence-corrected chi connectivity index (χ4v) is 3.21. The molecule has 2 rings (SSSR count). The molecule has 0 bridgehead atoms. The molecule has 1 aliphatic heterocycles. The molecular weight excluding hydrogens is 304 g/mol. The summed E-state index contributed by atoms with van der Waals surface area (Å²) in [5.74, 6) is 0.525. The van der Waals surface area contributed by atoms with Crippen molar-refractivity contribution in [3.8, 4) is 0 Å². The molecule has 0 radical (unpaired) electrons. The molecule has 6 heteroatoms. The van der Waals surface area contributed by atoms with Crippen molar-refractivity contribution in [2.24, 2.45) is 0 Å². The molecule has 0 unspecified atom stereocenters. The zero-order valence-electron chi connectivity index (χ0n) is 9.19. The third-order valence-electron chi connectivity index (χ3n) is 2.76. The quantitative estimate of drug-likeness (QED) is 0.860. The molecule has 4 nitrogen and oxygen atoms in total. The van der Waals surface area contributed by atoms with E-state index in [9.17, 15) is 9.00 Å². The number of halogens is 1. The Balaban J connectivity index is 2.09. The van der Waals surface area contributed by atoms with Gasteiger partial charge in [-0.05, 0) is 24.3 Å². The van der Waals surface area contributed by atoms with E-state index in [4.69, 9.17) is 4.78 Å². The first-order valence-electron chi connectivity index (χ1n) is 5.27. The second kappa shape index (κ2) is 4.78. The van der Waals surface area contributed by atoms with Gasteiger partial charge in [0.05, 0.1) is 0 Å². The molecule has 1 fully saturated rings. The molecular formula is C11H13BrN2O2S. The number of carbonyl (C=O) groups is 1. The molecule has 92 valence electrons. The maximum atomic E-state index is 12.1. The summed E-state index contributed by atoms with van der Waals surface area (Å²) in [5.41, 5.74) is 0.631. The predicted molar refractivity (Wildman–Crippen MR) is 70.6 cm³/mol. The van der Waals surface area contributed by atoms with Gasteiger partial charge in [0.2, 0.25) is 0 Å². The highest BCUT2D eigenvalue weighted by Gasteiger charge is 2.23. The Hall–Kier alpha value is -0.880. The van der Waals surface area contributed by atoms with E-state index in [1.165, 1.54) is 0 Å². The third-order valence-corrected chi connectivity index (χ3v) is 4.97. The van der Waals surface area contributed by atoms with Crippen LogP contribution in [0.25, 0.3) is 0 Å². The van der Waals surface area contributed by atoms with Crippen LogP contribution in [0, 0.1) is 4.78 Å². The molecule has 17 heavy (non-hydrogen) atoms. The summed E-state index contributed by atoms with van der Waals surface area (Å²) in [6.07, 6.45) is 0. The van der Waals surface area contributed by atoms with Crippen molar-refractivity contribution in [2.45, 2.75) is 0 Å². The molecule has 1 aromatic carbocycles. The van der Waals surface area contributed by atoms with E-state index in [2.05, 4.69) is 15.9 Å². The van der Waals surface area contributed by atoms with E-state index in [-0.39, 0.29) is 17.4 Å². The Morgan fingerprint density at radius 3 is 2.29 bits per heavy atom. The van der Waals surface area contributed by atoms with E-state index in [0.29, 0.717) is 18.7 Å². The SMILES string of the molecule is N=S1(=O)CCN(C(=O)c2ccc(Br)cc2)CC1. The topological polar surface area (TPSA) is 61.2 Å². The number of hydrogen-bond donors (Lipinski definition) is 1. The minimum absolute atomic E-state index is 0.0487. The Bertz CT molecular complexity index is 511. The lowest BCUT2D eigenvalue weighted by molar-refractivity contribution is 0.0771. The van der Waals surface area contributed by atoms with E-state index < -0.39 is 9.73 Å². The van der Waals surface area contributed by atoms with Crippen LogP contribution < -0.4 is 0 Å². The van der Waals surface area contributed by atoms with Gasteiger partial charge in [0.25, 0.3) is 5.91 Å². The minimum Gasteiger partial charge on any atom is -0.337 e. The van der Waals surface area contributed by atoms with Crippen LogP contribution in [-0.4, -0.2) is 39.6 Å². The van der Waals surface area contributed by atoms with E-state index in [0.717, 1.165) is 4.47 Å². The molecule has 0 spiro atoms. The first kappa shape index (κ1) is 12.6. The average molecular weight is 317 g/mol. The number of carbonyl (C=O) groups excluding carboxylic acids is 1. The van der Waals surface area contributed by atoms with Gasteiger partial charge in [0.15, 0.2) is 0 Å². The van der Waals surface area contributed by atoms with E-state index in [1.54, 1.807) is 17.0 Å². The standard InChI is InChI=1S/C11H13BrN2O2S/c12-10-3-1-9(2-4-10)11(15)14-5-7-17(13,16)8-6-14/h1-4,13H,5-8H2. The highest BCUT2D eigenvalue weighted by molar-refractivity contribution is 9.10. The Morgan fingerprint density at radius 2 is 1.76 bits per heavy atom. The molecule has 1 aromatic rings.